The number of carbonyl (C=O) groups is 2. The summed E-state index contributed by atoms with van der Waals surface area (Å²) in [5.74, 6) is -0.961. The van der Waals surface area contributed by atoms with Gasteiger partial charge in [-0.2, -0.15) is 0 Å². The van der Waals surface area contributed by atoms with Crippen LogP contribution in [0.1, 0.15) is 37.8 Å². The van der Waals surface area contributed by atoms with Crippen LogP contribution in [-0.2, 0) is 9.59 Å². The third-order valence-electron chi connectivity index (χ3n) is 4.23. The third kappa shape index (κ3) is 4.31. The Kier molecular flexibility index (Phi) is 5.95. The second-order valence-electron chi connectivity index (χ2n) is 5.65. The zero-order chi connectivity index (χ0) is 15.9. The number of aliphatic carboxylic acids is 1. The molecule has 0 radical (unpaired) electrons. The van der Waals surface area contributed by atoms with Crippen molar-refractivity contribution < 1.29 is 14.7 Å². The first kappa shape index (κ1) is 16.5. The summed E-state index contributed by atoms with van der Waals surface area (Å²) in [6.45, 7) is 5.23. The molecule has 1 aliphatic heterocycles. The molecule has 1 atom stereocenters. The van der Waals surface area contributed by atoms with Crippen molar-refractivity contribution in [2.75, 3.05) is 26.2 Å². The molecule has 22 heavy (non-hydrogen) atoms. The molecule has 1 aliphatic rings. The van der Waals surface area contributed by atoms with Crippen LogP contribution in [0.3, 0.4) is 0 Å². The Morgan fingerprint density at radius 3 is 2.27 bits per heavy atom. The van der Waals surface area contributed by atoms with Crippen molar-refractivity contribution in [3.05, 3.63) is 35.9 Å². The standard InChI is InChI=1S/C17H24N2O3/c1-2-15(14-6-4-3-5-7-14)18-10-12-19(13-11-18)16(20)8-9-17(21)22/h3-7,15H,2,8-13H2,1H3,(H,21,22). The zero-order valence-corrected chi connectivity index (χ0v) is 13.1. The van der Waals surface area contributed by atoms with Gasteiger partial charge >= 0.3 is 5.97 Å². The number of carbonyl (C=O) groups excluding carboxylic acids is 1. The van der Waals surface area contributed by atoms with Crippen LogP contribution in [0.5, 0.6) is 0 Å². The third-order valence-corrected chi connectivity index (χ3v) is 4.23. The molecule has 1 saturated heterocycles. The molecule has 5 heteroatoms. The van der Waals surface area contributed by atoms with Gasteiger partial charge in [0.1, 0.15) is 0 Å². The summed E-state index contributed by atoms with van der Waals surface area (Å²) in [7, 11) is 0. The van der Waals surface area contributed by atoms with E-state index in [2.05, 4.69) is 36.1 Å². The Morgan fingerprint density at radius 1 is 1.09 bits per heavy atom. The summed E-state index contributed by atoms with van der Waals surface area (Å²) in [5.41, 5.74) is 1.32. The van der Waals surface area contributed by atoms with Crippen molar-refractivity contribution in [3.8, 4) is 0 Å². The molecule has 1 aromatic rings. The van der Waals surface area contributed by atoms with Crippen LogP contribution in [0.4, 0.5) is 0 Å². The lowest BCUT2D eigenvalue weighted by Gasteiger charge is -2.39. The predicted molar refractivity (Wildman–Crippen MR) is 84.5 cm³/mol. The number of hydrogen-bond acceptors (Lipinski definition) is 3. The van der Waals surface area contributed by atoms with Crippen LogP contribution in [0.15, 0.2) is 30.3 Å². The van der Waals surface area contributed by atoms with Crippen molar-refractivity contribution in [1.82, 2.24) is 9.80 Å². The SMILES string of the molecule is CCC(c1ccccc1)N1CCN(C(=O)CCC(=O)O)CC1. The summed E-state index contributed by atoms with van der Waals surface area (Å²) in [5, 5.41) is 8.65. The molecule has 1 aromatic carbocycles. The van der Waals surface area contributed by atoms with E-state index in [0.29, 0.717) is 19.1 Å². The summed E-state index contributed by atoms with van der Waals surface area (Å²) >= 11 is 0. The highest BCUT2D eigenvalue weighted by molar-refractivity contribution is 5.80. The van der Waals surface area contributed by atoms with E-state index in [9.17, 15) is 9.59 Å². The normalized spacial score (nSPS) is 17.2. The van der Waals surface area contributed by atoms with Crippen molar-refractivity contribution in [2.45, 2.75) is 32.2 Å². The first-order valence-corrected chi connectivity index (χ1v) is 7.90. The van der Waals surface area contributed by atoms with Gasteiger partial charge in [0.05, 0.1) is 6.42 Å². The Labute approximate surface area is 131 Å². The van der Waals surface area contributed by atoms with Crippen molar-refractivity contribution in [3.63, 3.8) is 0 Å². The van der Waals surface area contributed by atoms with Gasteiger partial charge in [-0.25, -0.2) is 0 Å². The Morgan fingerprint density at radius 2 is 1.73 bits per heavy atom. The lowest BCUT2D eigenvalue weighted by molar-refractivity contribution is -0.141. The minimum atomic E-state index is -0.915. The average Bonchev–Trinajstić information content (AvgIpc) is 2.55. The Bertz CT molecular complexity index is 496. The van der Waals surface area contributed by atoms with Gasteiger partial charge in [-0.05, 0) is 12.0 Å². The summed E-state index contributed by atoms with van der Waals surface area (Å²) in [4.78, 5) is 26.7. The minimum absolute atomic E-state index is 0.0465. The Balaban J connectivity index is 1.88. The van der Waals surface area contributed by atoms with Gasteiger partial charge in [0.2, 0.25) is 5.91 Å². The van der Waals surface area contributed by atoms with E-state index in [4.69, 9.17) is 5.11 Å². The van der Waals surface area contributed by atoms with Gasteiger partial charge in [-0.1, -0.05) is 37.3 Å². The fourth-order valence-corrected chi connectivity index (χ4v) is 3.03. The lowest BCUT2D eigenvalue weighted by Crippen LogP contribution is -2.49. The number of amides is 1. The Hall–Kier alpha value is -1.88. The van der Waals surface area contributed by atoms with E-state index in [0.717, 1.165) is 19.5 Å². The maximum atomic E-state index is 12.0. The molecule has 1 N–H and O–H groups in total. The molecule has 1 heterocycles. The topological polar surface area (TPSA) is 60.9 Å². The number of rotatable bonds is 6. The van der Waals surface area contributed by atoms with Crippen LogP contribution in [-0.4, -0.2) is 53.0 Å². The van der Waals surface area contributed by atoms with Gasteiger partial charge < -0.3 is 10.0 Å². The molecule has 0 spiro atoms. The second kappa shape index (κ2) is 7.94. The van der Waals surface area contributed by atoms with Gasteiger partial charge in [0.15, 0.2) is 0 Å². The number of carboxylic acid groups (broad SMARTS) is 1. The summed E-state index contributed by atoms with van der Waals surface area (Å²) < 4.78 is 0. The van der Waals surface area contributed by atoms with Gasteiger partial charge in [-0.15, -0.1) is 0 Å². The van der Waals surface area contributed by atoms with E-state index in [1.165, 1.54) is 5.56 Å². The zero-order valence-electron chi connectivity index (χ0n) is 13.1. The number of nitrogens with zero attached hydrogens (tertiary/aromatic N) is 2. The van der Waals surface area contributed by atoms with Crippen LogP contribution in [0.2, 0.25) is 0 Å². The minimum Gasteiger partial charge on any atom is -0.481 e. The fraction of sp³-hybridized carbons (Fsp3) is 0.529. The van der Waals surface area contributed by atoms with Crippen LogP contribution < -0.4 is 0 Å². The molecular formula is C17H24N2O3. The molecule has 1 amide bonds. The smallest absolute Gasteiger partial charge is 0.303 e. The number of carboxylic acids is 1. The molecule has 2 rings (SSSR count). The molecule has 0 aliphatic carbocycles. The first-order valence-electron chi connectivity index (χ1n) is 7.90. The maximum absolute atomic E-state index is 12.0. The summed E-state index contributed by atoms with van der Waals surface area (Å²) in [6, 6.07) is 10.8. The number of piperazine rings is 1. The van der Waals surface area contributed by atoms with E-state index >= 15 is 0 Å². The maximum Gasteiger partial charge on any atom is 0.303 e. The highest BCUT2D eigenvalue weighted by atomic mass is 16.4. The van der Waals surface area contributed by atoms with Gasteiger partial charge in [0, 0.05) is 38.6 Å². The average molecular weight is 304 g/mol. The first-order chi connectivity index (χ1) is 10.6. The van der Waals surface area contributed by atoms with E-state index in [-0.39, 0.29) is 18.7 Å². The van der Waals surface area contributed by atoms with E-state index in [1.54, 1.807) is 4.90 Å². The molecule has 1 unspecified atom stereocenters. The van der Waals surface area contributed by atoms with E-state index < -0.39 is 5.97 Å². The molecule has 1 fully saturated rings. The quantitative estimate of drug-likeness (QED) is 0.875. The molecule has 0 bridgehead atoms. The predicted octanol–water partition coefficient (Wildman–Crippen LogP) is 2.15. The molecule has 0 aromatic heterocycles. The highest BCUT2D eigenvalue weighted by Crippen LogP contribution is 2.25. The lowest BCUT2D eigenvalue weighted by atomic mass is 10.0. The van der Waals surface area contributed by atoms with Crippen LogP contribution in [0.25, 0.3) is 0 Å². The monoisotopic (exact) mass is 304 g/mol. The number of hydrogen-bond donors (Lipinski definition) is 1. The van der Waals surface area contributed by atoms with Crippen molar-refractivity contribution >= 4 is 11.9 Å². The highest BCUT2D eigenvalue weighted by Gasteiger charge is 2.26. The fourth-order valence-electron chi connectivity index (χ4n) is 3.03. The second-order valence-corrected chi connectivity index (χ2v) is 5.65. The largest absolute Gasteiger partial charge is 0.481 e. The molecule has 120 valence electrons. The number of benzene rings is 1. The van der Waals surface area contributed by atoms with E-state index in [1.807, 2.05) is 6.07 Å². The molecule has 0 saturated carbocycles. The molecular weight excluding hydrogens is 280 g/mol. The van der Waals surface area contributed by atoms with Crippen LogP contribution >= 0.6 is 0 Å². The van der Waals surface area contributed by atoms with Crippen molar-refractivity contribution in [1.29, 1.82) is 0 Å². The van der Waals surface area contributed by atoms with Crippen LogP contribution in [0, 0.1) is 0 Å². The molecule has 5 nitrogen and oxygen atoms in total. The summed E-state index contributed by atoms with van der Waals surface area (Å²) in [6.07, 6.45) is 1.06. The van der Waals surface area contributed by atoms with Gasteiger partial charge in [-0.3, -0.25) is 14.5 Å². The van der Waals surface area contributed by atoms with Gasteiger partial charge in [0.25, 0.3) is 0 Å². The van der Waals surface area contributed by atoms with Crippen molar-refractivity contribution in [2.24, 2.45) is 0 Å².